The molecule has 38 heavy (non-hydrogen) atoms. The average molecular weight is 534 g/mol. The molecule has 0 radical (unpaired) electrons. The predicted molar refractivity (Wildman–Crippen MR) is 130 cm³/mol. The van der Waals surface area contributed by atoms with Crippen molar-refractivity contribution in [3.05, 3.63) is 57.6 Å². The summed E-state index contributed by atoms with van der Waals surface area (Å²) in [6.07, 6.45) is -4.67. The molecule has 5 N–H and O–H groups in total. The number of H-pyrrole nitrogens is 1. The summed E-state index contributed by atoms with van der Waals surface area (Å²) in [5, 5.41) is 13.1. The minimum absolute atomic E-state index is 0.0267. The maximum atomic E-state index is 13.3. The van der Waals surface area contributed by atoms with E-state index in [1.165, 1.54) is 25.3 Å². The minimum Gasteiger partial charge on any atom is -0.494 e. The zero-order valence-corrected chi connectivity index (χ0v) is 20.8. The van der Waals surface area contributed by atoms with Gasteiger partial charge in [0.2, 0.25) is 11.8 Å². The van der Waals surface area contributed by atoms with Gasteiger partial charge in [0.1, 0.15) is 17.0 Å². The average Bonchev–Trinajstić information content (AvgIpc) is 3.42. The van der Waals surface area contributed by atoms with Crippen LogP contribution < -0.4 is 21.5 Å². The molecule has 3 heterocycles. The van der Waals surface area contributed by atoms with E-state index in [-0.39, 0.29) is 63.7 Å². The molecule has 0 bridgehead atoms. The lowest BCUT2D eigenvalue weighted by molar-refractivity contribution is -0.140. The maximum Gasteiger partial charge on any atom is 0.433 e. The summed E-state index contributed by atoms with van der Waals surface area (Å²) in [7, 11) is 1.30. The Bertz CT molecular complexity index is 1570. The van der Waals surface area contributed by atoms with E-state index in [9.17, 15) is 27.9 Å². The Morgan fingerprint density at radius 3 is 2.53 bits per heavy atom. The van der Waals surface area contributed by atoms with Crippen LogP contribution in [0.1, 0.15) is 60.5 Å². The van der Waals surface area contributed by atoms with Crippen molar-refractivity contribution in [3.8, 4) is 23.1 Å². The molecule has 0 spiro atoms. The molecule has 1 aromatic carbocycles. The maximum absolute atomic E-state index is 13.3. The van der Waals surface area contributed by atoms with Crippen LogP contribution in [0.4, 0.5) is 13.2 Å². The number of ether oxygens (including phenoxy) is 1. The third-order valence-electron chi connectivity index (χ3n) is 5.76. The summed E-state index contributed by atoms with van der Waals surface area (Å²) in [5.74, 6) is -0.958. The van der Waals surface area contributed by atoms with Crippen LogP contribution in [0.2, 0.25) is 0 Å². The fraction of sp³-hybridized carbons (Fsp3) is 0.333. The SMILES string of the molecule is COc1ccc(-c2nc(C(=O)NCc3[nH]c(=O)n(C(C)C)c3O)c([C@H](C)N)o2)c2ccc(C(F)(F)F)nc12. The van der Waals surface area contributed by atoms with Crippen molar-refractivity contribution >= 4 is 16.8 Å². The molecule has 0 aliphatic rings. The molecule has 202 valence electrons. The lowest BCUT2D eigenvalue weighted by atomic mass is 10.1. The largest absolute Gasteiger partial charge is 0.494 e. The van der Waals surface area contributed by atoms with E-state index in [1.54, 1.807) is 20.8 Å². The zero-order chi connectivity index (χ0) is 27.9. The fourth-order valence-electron chi connectivity index (χ4n) is 3.96. The number of oxazole rings is 1. The van der Waals surface area contributed by atoms with Crippen molar-refractivity contribution in [3.63, 3.8) is 0 Å². The summed E-state index contributed by atoms with van der Waals surface area (Å²) in [6.45, 7) is 4.77. The van der Waals surface area contributed by atoms with E-state index in [2.05, 4.69) is 20.3 Å². The number of fused-ring (bicyclic) bond motifs is 1. The molecule has 1 amide bonds. The monoisotopic (exact) mass is 534 g/mol. The van der Waals surface area contributed by atoms with Gasteiger partial charge in [-0.2, -0.15) is 13.2 Å². The van der Waals surface area contributed by atoms with Gasteiger partial charge in [0.05, 0.1) is 25.4 Å². The first kappa shape index (κ1) is 26.7. The van der Waals surface area contributed by atoms with Crippen molar-refractivity contribution in [2.75, 3.05) is 7.11 Å². The number of amides is 1. The standard InChI is InChI=1S/C24H25F3N6O5/c1-10(2)33-22(35)14(30-23(33)36)9-29-20(34)18-19(11(3)28)38-21(32-18)13-5-7-15(37-4)17-12(13)6-8-16(31-17)24(25,26)27/h5-8,10-11,35H,9,28H2,1-4H3,(H,29,34)(H,30,36)/t11-/m0/s1. The molecule has 0 saturated heterocycles. The van der Waals surface area contributed by atoms with Gasteiger partial charge in [0, 0.05) is 17.0 Å². The van der Waals surface area contributed by atoms with Crippen molar-refractivity contribution in [1.82, 2.24) is 24.8 Å². The topological polar surface area (TPSA) is 161 Å². The number of nitrogens with one attached hydrogen (secondary N) is 2. The van der Waals surface area contributed by atoms with Crippen LogP contribution in [0, 0.1) is 0 Å². The van der Waals surface area contributed by atoms with Gasteiger partial charge < -0.3 is 30.3 Å². The number of aromatic amines is 1. The number of hydrogen-bond acceptors (Lipinski definition) is 8. The van der Waals surface area contributed by atoms with E-state index < -0.39 is 29.5 Å². The first-order valence-corrected chi connectivity index (χ1v) is 11.5. The van der Waals surface area contributed by atoms with Crippen LogP contribution in [-0.4, -0.2) is 37.6 Å². The second-order valence-electron chi connectivity index (χ2n) is 8.81. The second kappa shape index (κ2) is 9.85. The number of aromatic nitrogens is 4. The van der Waals surface area contributed by atoms with Gasteiger partial charge in [-0.1, -0.05) is 0 Å². The zero-order valence-electron chi connectivity index (χ0n) is 20.8. The Morgan fingerprint density at radius 1 is 1.24 bits per heavy atom. The minimum atomic E-state index is -4.67. The summed E-state index contributed by atoms with van der Waals surface area (Å²) >= 11 is 0. The molecule has 4 rings (SSSR count). The normalized spacial score (nSPS) is 12.8. The van der Waals surface area contributed by atoms with Crippen molar-refractivity contribution in [1.29, 1.82) is 0 Å². The molecule has 0 aliphatic carbocycles. The highest BCUT2D eigenvalue weighted by Crippen LogP contribution is 2.37. The summed E-state index contributed by atoms with van der Waals surface area (Å²) in [5.41, 5.74) is 4.49. The number of benzene rings is 1. The number of imidazole rings is 1. The summed E-state index contributed by atoms with van der Waals surface area (Å²) in [4.78, 5) is 35.6. The number of hydrogen-bond donors (Lipinski definition) is 4. The van der Waals surface area contributed by atoms with Gasteiger partial charge in [-0.05, 0) is 45.0 Å². The number of nitrogens with zero attached hydrogens (tertiary/aromatic N) is 3. The molecule has 4 aromatic rings. The van der Waals surface area contributed by atoms with Crippen LogP contribution in [0.3, 0.4) is 0 Å². The van der Waals surface area contributed by atoms with Crippen molar-refractivity contribution in [2.24, 2.45) is 5.73 Å². The molecule has 0 unspecified atom stereocenters. The van der Waals surface area contributed by atoms with E-state index >= 15 is 0 Å². The summed E-state index contributed by atoms with van der Waals surface area (Å²) in [6, 6.07) is 3.89. The van der Waals surface area contributed by atoms with Gasteiger partial charge in [0.15, 0.2) is 11.5 Å². The number of rotatable bonds is 7. The number of pyridine rings is 1. The Hall–Kier alpha value is -4.33. The summed E-state index contributed by atoms with van der Waals surface area (Å²) < 4.78 is 51.9. The van der Waals surface area contributed by atoms with Crippen LogP contribution in [0.15, 0.2) is 33.5 Å². The first-order valence-electron chi connectivity index (χ1n) is 11.5. The lowest BCUT2D eigenvalue weighted by Crippen LogP contribution is -2.25. The highest BCUT2D eigenvalue weighted by atomic mass is 19.4. The van der Waals surface area contributed by atoms with E-state index in [1.807, 2.05) is 0 Å². The van der Waals surface area contributed by atoms with E-state index in [0.717, 1.165) is 10.6 Å². The number of carbonyl (C=O) groups excluding carboxylic acids is 1. The number of methoxy groups -OCH3 is 1. The van der Waals surface area contributed by atoms with Crippen LogP contribution in [-0.2, 0) is 12.7 Å². The number of alkyl halides is 3. The smallest absolute Gasteiger partial charge is 0.433 e. The number of carbonyl (C=O) groups is 1. The number of halogens is 3. The molecular formula is C24H25F3N6O5. The molecule has 11 nitrogen and oxygen atoms in total. The van der Waals surface area contributed by atoms with Crippen LogP contribution in [0.25, 0.3) is 22.4 Å². The van der Waals surface area contributed by atoms with Gasteiger partial charge in [-0.3, -0.25) is 9.36 Å². The van der Waals surface area contributed by atoms with Crippen LogP contribution in [0.5, 0.6) is 11.6 Å². The fourth-order valence-corrected chi connectivity index (χ4v) is 3.96. The van der Waals surface area contributed by atoms with Crippen LogP contribution >= 0.6 is 0 Å². The third kappa shape index (κ3) is 4.81. The van der Waals surface area contributed by atoms with Gasteiger partial charge in [-0.15, -0.1) is 0 Å². The van der Waals surface area contributed by atoms with E-state index in [4.69, 9.17) is 14.9 Å². The van der Waals surface area contributed by atoms with Crippen molar-refractivity contribution in [2.45, 2.75) is 45.6 Å². The Morgan fingerprint density at radius 2 is 1.95 bits per heavy atom. The number of nitrogens with two attached hydrogens (primary N) is 1. The molecule has 14 heteroatoms. The lowest BCUT2D eigenvalue weighted by Gasteiger charge is -2.11. The van der Waals surface area contributed by atoms with Gasteiger partial charge in [0.25, 0.3) is 5.91 Å². The van der Waals surface area contributed by atoms with Gasteiger partial charge in [-0.25, -0.2) is 14.8 Å². The molecule has 0 saturated carbocycles. The highest BCUT2D eigenvalue weighted by Gasteiger charge is 2.33. The predicted octanol–water partition coefficient (Wildman–Crippen LogP) is 3.64. The third-order valence-corrected chi connectivity index (χ3v) is 5.76. The Balaban J connectivity index is 1.72. The van der Waals surface area contributed by atoms with Crippen molar-refractivity contribution < 1.29 is 32.2 Å². The quantitative estimate of drug-likeness (QED) is 0.279. The molecule has 0 aliphatic heterocycles. The highest BCUT2D eigenvalue weighted by molar-refractivity contribution is 5.98. The molecule has 0 fully saturated rings. The second-order valence-corrected chi connectivity index (χ2v) is 8.81. The Kier molecular flexibility index (Phi) is 6.93. The number of aromatic hydroxyl groups is 1. The Labute approximate surface area is 213 Å². The molecule has 1 atom stereocenters. The van der Waals surface area contributed by atoms with E-state index in [0.29, 0.717) is 0 Å². The first-order chi connectivity index (χ1) is 17.8. The molecular weight excluding hydrogens is 509 g/mol. The van der Waals surface area contributed by atoms with Gasteiger partial charge >= 0.3 is 11.9 Å². The molecule has 3 aromatic heterocycles.